The Kier molecular flexibility index (Phi) is 11.9. The lowest BCUT2D eigenvalue weighted by molar-refractivity contribution is -0.137. The molecule has 1 amide bonds. The summed E-state index contributed by atoms with van der Waals surface area (Å²) in [4.78, 5) is 34.1. The normalized spacial score (nSPS) is 20.7. The molecule has 2 aliphatic heterocycles. The highest BCUT2D eigenvalue weighted by molar-refractivity contribution is 5.94. The molecular formula is C38H50N4O4. The lowest BCUT2D eigenvalue weighted by Gasteiger charge is -2.47. The molecule has 0 bridgehead atoms. The average molecular weight is 627 g/mol. The molecule has 8 nitrogen and oxygen atoms in total. The highest BCUT2D eigenvalue weighted by Crippen LogP contribution is 2.35. The van der Waals surface area contributed by atoms with Crippen molar-refractivity contribution in [2.75, 3.05) is 45.8 Å². The number of rotatable bonds is 12. The van der Waals surface area contributed by atoms with Crippen LogP contribution in [-0.2, 0) is 11.3 Å². The topological polar surface area (TPSA) is 87.6 Å². The number of phenolic OH excluding ortho intramolecular Hbond substituents is 1. The first kappa shape index (κ1) is 33.6. The Bertz CT molecular complexity index is 1430. The number of aromatic hydroxyl groups is 1. The highest BCUT2D eigenvalue weighted by atomic mass is 16.4. The van der Waals surface area contributed by atoms with Gasteiger partial charge in [-0.1, -0.05) is 61.0 Å². The summed E-state index contributed by atoms with van der Waals surface area (Å²) in [5.41, 5.74) is 4.10. The zero-order chi connectivity index (χ0) is 32.5. The number of hydrogen-bond donors (Lipinski definition) is 2. The third kappa shape index (κ3) is 8.96. The van der Waals surface area contributed by atoms with Gasteiger partial charge in [0, 0.05) is 63.3 Å². The Morgan fingerprint density at radius 3 is 2.33 bits per heavy atom. The Morgan fingerprint density at radius 2 is 1.57 bits per heavy atom. The van der Waals surface area contributed by atoms with Gasteiger partial charge in [-0.15, -0.1) is 0 Å². The van der Waals surface area contributed by atoms with Crippen LogP contribution in [-0.4, -0.2) is 99.6 Å². The van der Waals surface area contributed by atoms with Crippen molar-refractivity contribution in [1.29, 1.82) is 0 Å². The van der Waals surface area contributed by atoms with Gasteiger partial charge in [0.1, 0.15) is 5.75 Å². The molecule has 0 radical (unpaired) electrons. The summed E-state index contributed by atoms with van der Waals surface area (Å²) in [5.74, 6) is -0.422. The molecule has 0 aliphatic carbocycles. The summed E-state index contributed by atoms with van der Waals surface area (Å²) in [6.07, 6.45) is 3.77. The predicted octanol–water partition coefficient (Wildman–Crippen LogP) is 5.87. The second kappa shape index (κ2) is 16.2. The van der Waals surface area contributed by atoms with E-state index in [1.54, 1.807) is 6.07 Å². The van der Waals surface area contributed by atoms with Crippen LogP contribution >= 0.6 is 0 Å². The monoisotopic (exact) mass is 626 g/mol. The van der Waals surface area contributed by atoms with Crippen LogP contribution in [0.25, 0.3) is 0 Å². The van der Waals surface area contributed by atoms with Crippen LogP contribution in [0, 0.1) is 0 Å². The number of nitrogens with zero attached hydrogens (tertiary/aromatic N) is 4. The molecule has 2 N–H and O–H groups in total. The molecule has 8 heteroatoms. The van der Waals surface area contributed by atoms with Crippen LogP contribution in [0.2, 0.25) is 0 Å². The lowest BCUT2D eigenvalue weighted by Crippen LogP contribution is -2.56. The van der Waals surface area contributed by atoms with E-state index in [9.17, 15) is 14.7 Å². The maximum Gasteiger partial charge on any atom is 0.303 e. The molecule has 0 aromatic heterocycles. The molecular weight excluding hydrogens is 576 g/mol. The molecule has 0 spiro atoms. The van der Waals surface area contributed by atoms with Crippen LogP contribution in [0.1, 0.15) is 79.0 Å². The van der Waals surface area contributed by atoms with Crippen LogP contribution < -0.4 is 0 Å². The van der Waals surface area contributed by atoms with Crippen molar-refractivity contribution in [3.05, 3.63) is 101 Å². The second-order valence-electron chi connectivity index (χ2n) is 13.1. The fraction of sp³-hybridized carbons (Fsp3) is 0.474. The molecule has 2 heterocycles. The molecule has 3 aromatic carbocycles. The number of carbonyl (C=O) groups excluding carboxylic acids is 1. The minimum Gasteiger partial charge on any atom is -0.508 e. The van der Waals surface area contributed by atoms with Crippen LogP contribution in [0.5, 0.6) is 5.75 Å². The van der Waals surface area contributed by atoms with E-state index in [2.05, 4.69) is 77.1 Å². The maximum atomic E-state index is 13.9. The zero-order valence-corrected chi connectivity index (χ0v) is 27.4. The van der Waals surface area contributed by atoms with Crippen molar-refractivity contribution in [1.82, 2.24) is 19.6 Å². The Labute approximate surface area is 274 Å². The van der Waals surface area contributed by atoms with Crippen LogP contribution in [0.4, 0.5) is 0 Å². The maximum absolute atomic E-state index is 13.9. The molecule has 2 fully saturated rings. The minimum absolute atomic E-state index is 0.0638. The Balaban J connectivity index is 1.30. The van der Waals surface area contributed by atoms with E-state index in [1.165, 1.54) is 5.56 Å². The van der Waals surface area contributed by atoms with Gasteiger partial charge < -0.3 is 20.0 Å². The summed E-state index contributed by atoms with van der Waals surface area (Å²) in [7, 11) is 0. The number of amides is 1. The molecule has 3 aromatic rings. The highest BCUT2D eigenvalue weighted by Gasteiger charge is 2.35. The number of piperazine rings is 1. The fourth-order valence-electron chi connectivity index (χ4n) is 7.10. The predicted molar refractivity (Wildman–Crippen MR) is 182 cm³/mol. The molecule has 46 heavy (non-hydrogen) atoms. The number of aliphatic carboxylic acids is 1. The van der Waals surface area contributed by atoms with Gasteiger partial charge in [0.05, 0.1) is 6.04 Å². The average Bonchev–Trinajstić information content (AvgIpc) is 3.29. The fourth-order valence-corrected chi connectivity index (χ4v) is 7.10. The Hall–Kier alpha value is -3.72. The van der Waals surface area contributed by atoms with E-state index < -0.39 is 5.97 Å². The largest absolute Gasteiger partial charge is 0.508 e. The number of hydrogen-bond acceptors (Lipinski definition) is 6. The van der Waals surface area contributed by atoms with E-state index in [4.69, 9.17) is 5.11 Å². The third-order valence-electron chi connectivity index (χ3n) is 9.60. The SMILES string of the molecule is C[C@@H]1CN(C(c2cccc(O)c2)c2cccc(C(=O)N3CCCN(CCCCCC(=O)O)CC3)c2)[C@@H](C)CN1Cc1ccccc1. The van der Waals surface area contributed by atoms with Crippen molar-refractivity contribution in [3.63, 3.8) is 0 Å². The van der Waals surface area contributed by atoms with Gasteiger partial charge in [-0.2, -0.15) is 0 Å². The molecule has 2 saturated heterocycles. The summed E-state index contributed by atoms with van der Waals surface area (Å²) < 4.78 is 0. The molecule has 2 aliphatic rings. The second-order valence-corrected chi connectivity index (χ2v) is 13.1. The quantitative estimate of drug-likeness (QED) is 0.243. The number of carbonyl (C=O) groups is 2. The number of unbranched alkanes of at least 4 members (excludes halogenated alkanes) is 2. The molecule has 3 atom stereocenters. The lowest BCUT2D eigenvalue weighted by atomic mass is 9.92. The van der Waals surface area contributed by atoms with Gasteiger partial charge in [0.15, 0.2) is 0 Å². The van der Waals surface area contributed by atoms with Crippen molar-refractivity contribution < 1.29 is 19.8 Å². The van der Waals surface area contributed by atoms with E-state index in [0.717, 1.165) is 82.6 Å². The van der Waals surface area contributed by atoms with E-state index in [-0.39, 0.29) is 30.2 Å². The van der Waals surface area contributed by atoms with Gasteiger partial charge in [-0.3, -0.25) is 19.4 Å². The van der Waals surface area contributed by atoms with Crippen molar-refractivity contribution in [2.45, 2.75) is 70.6 Å². The van der Waals surface area contributed by atoms with Crippen molar-refractivity contribution in [3.8, 4) is 5.75 Å². The van der Waals surface area contributed by atoms with E-state index >= 15 is 0 Å². The number of carboxylic acid groups (broad SMARTS) is 1. The van der Waals surface area contributed by atoms with E-state index in [1.807, 2.05) is 29.2 Å². The summed E-state index contributed by atoms with van der Waals surface area (Å²) in [5, 5.41) is 19.4. The first-order chi connectivity index (χ1) is 22.3. The number of carboxylic acids is 1. The zero-order valence-electron chi connectivity index (χ0n) is 27.4. The van der Waals surface area contributed by atoms with Gasteiger partial charge >= 0.3 is 5.97 Å². The molecule has 5 rings (SSSR count). The van der Waals surface area contributed by atoms with Gasteiger partial charge in [0.2, 0.25) is 0 Å². The summed E-state index contributed by atoms with van der Waals surface area (Å²) >= 11 is 0. The van der Waals surface area contributed by atoms with Crippen molar-refractivity contribution >= 4 is 11.9 Å². The summed E-state index contributed by atoms with van der Waals surface area (Å²) in [6.45, 7) is 11.4. The molecule has 246 valence electrons. The first-order valence-corrected chi connectivity index (χ1v) is 16.9. The van der Waals surface area contributed by atoms with Gasteiger partial charge in [-0.25, -0.2) is 0 Å². The number of benzene rings is 3. The number of phenols is 1. The van der Waals surface area contributed by atoms with Gasteiger partial charge in [-0.05, 0) is 87.2 Å². The summed E-state index contributed by atoms with van der Waals surface area (Å²) in [6, 6.07) is 26.8. The first-order valence-electron chi connectivity index (χ1n) is 16.9. The Morgan fingerprint density at radius 1 is 0.804 bits per heavy atom. The van der Waals surface area contributed by atoms with Crippen LogP contribution in [0.3, 0.4) is 0 Å². The molecule has 0 saturated carbocycles. The van der Waals surface area contributed by atoms with Crippen LogP contribution in [0.15, 0.2) is 78.9 Å². The van der Waals surface area contributed by atoms with Gasteiger partial charge in [0.25, 0.3) is 5.91 Å². The minimum atomic E-state index is -0.730. The molecule has 1 unspecified atom stereocenters. The van der Waals surface area contributed by atoms with E-state index in [0.29, 0.717) is 18.2 Å². The standard InChI is InChI=1S/C38H50N4O4/c1-29-27-42(30(2)26-41(29)28-31-12-5-3-6-13-31)37(33-15-10-17-35(43)25-33)32-14-9-16-34(24-32)38(46)40-21-11-20-39(22-23-40)19-8-4-7-18-36(44)45/h3,5-6,9-10,12-17,24-25,29-30,37,43H,4,7-8,11,18-23,26-28H2,1-2H3,(H,44,45)/t29-,30+,37?/m1/s1. The van der Waals surface area contributed by atoms with Crippen molar-refractivity contribution in [2.24, 2.45) is 0 Å². The smallest absolute Gasteiger partial charge is 0.303 e. The third-order valence-corrected chi connectivity index (χ3v) is 9.60.